The van der Waals surface area contributed by atoms with E-state index in [0.717, 1.165) is 10.7 Å². The molecular weight excluding hydrogens is 545 g/mol. The molecule has 10 heteroatoms. The lowest BCUT2D eigenvalue weighted by Gasteiger charge is -2.32. The zero-order valence-electron chi connectivity index (χ0n) is 21.5. The number of rotatable bonds is 11. The second kappa shape index (κ2) is 13.1. The molecule has 0 saturated heterocycles. The first-order valence-corrected chi connectivity index (χ1v) is 14.4. The van der Waals surface area contributed by atoms with Gasteiger partial charge in [-0.05, 0) is 68.3 Å². The van der Waals surface area contributed by atoms with Crippen molar-refractivity contribution in [2.24, 2.45) is 0 Å². The summed E-state index contributed by atoms with van der Waals surface area (Å²) in [5.74, 6) is -0.908. The van der Waals surface area contributed by atoms with E-state index in [1.165, 1.54) is 29.2 Å². The second-order valence-corrected chi connectivity index (χ2v) is 11.6. The molecule has 0 aliphatic carbocycles. The second-order valence-electron chi connectivity index (χ2n) is 8.91. The molecular formula is C28H31Cl2N3O4S. The number of hydrogen-bond acceptors (Lipinski definition) is 4. The van der Waals surface area contributed by atoms with Gasteiger partial charge in [0.15, 0.2) is 0 Å². The molecule has 2 amide bonds. The van der Waals surface area contributed by atoms with Gasteiger partial charge in [0.2, 0.25) is 11.8 Å². The SMILES string of the molecule is CCC(C)NC(=O)C(C)N(Cc1ccccc1Cl)C(=O)CN(c1ccc(Cl)cc1)S(=O)(=O)c1ccccc1. The van der Waals surface area contributed by atoms with E-state index in [9.17, 15) is 18.0 Å². The van der Waals surface area contributed by atoms with Crippen molar-refractivity contribution in [3.63, 3.8) is 0 Å². The van der Waals surface area contributed by atoms with Crippen molar-refractivity contribution < 1.29 is 18.0 Å². The van der Waals surface area contributed by atoms with E-state index in [0.29, 0.717) is 15.6 Å². The molecule has 0 bridgehead atoms. The maximum Gasteiger partial charge on any atom is 0.264 e. The summed E-state index contributed by atoms with van der Waals surface area (Å²) in [6.45, 7) is 4.92. The molecule has 0 aromatic heterocycles. The van der Waals surface area contributed by atoms with Crippen molar-refractivity contribution >= 4 is 50.7 Å². The number of halogens is 2. The maximum absolute atomic E-state index is 13.9. The molecule has 0 spiro atoms. The minimum atomic E-state index is -4.13. The largest absolute Gasteiger partial charge is 0.352 e. The summed E-state index contributed by atoms with van der Waals surface area (Å²) < 4.78 is 28.4. The monoisotopic (exact) mass is 575 g/mol. The van der Waals surface area contributed by atoms with E-state index in [1.54, 1.807) is 61.5 Å². The zero-order valence-corrected chi connectivity index (χ0v) is 23.8. The molecule has 0 fully saturated rings. The van der Waals surface area contributed by atoms with E-state index in [1.807, 2.05) is 13.8 Å². The number of carbonyl (C=O) groups is 2. The van der Waals surface area contributed by atoms with Crippen LogP contribution in [-0.2, 0) is 26.2 Å². The van der Waals surface area contributed by atoms with Crippen LogP contribution < -0.4 is 9.62 Å². The highest BCUT2D eigenvalue weighted by atomic mass is 35.5. The van der Waals surface area contributed by atoms with Crippen molar-refractivity contribution in [3.05, 3.63) is 94.5 Å². The van der Waals surface area contributed by atoms with Gasteiger partial charge in [0.25, 0.3) is 10.0 Å². The molecule has 1 N–H and O–H groups in total. The Kier molecular flexibility index (Phi) is 10.2. The summed E-state index contributed by atoms with van der Waals surface area (Å²) in [7, 11) is -4.13. The molecule has 0 radical (unpaired) electrons. The highest BCUT2D eigenvalue weighted by molar-refractivity contribution is 7.92. The van der Waals surface area contributed by atoms with Crippen LogP contribution in [0.5, 0.6) is 0 Å². The Morgan fingerprint density at radius 1 is 0.895 bits per heavy atom. The van der Waals surface area contributed by atoms with Crippen molar-refractivity contribution in [1.82, 2.24) is 10.2 Å². The topological polar surface area (TPSA) is 86.8 Å². The van der Waals surface area contributed by atoms with Gasteiger partial charge in [-0.1, -0.05) is 66.5 Å². The van der Waals surface area contributed by atoms with Crippen molar-refractivity contribution in [2.45, 2.75) is 50.7 Å². The van der Waals surface area contributed by atoms with Gasteiger partial charge in [-0.25, -0.2) is 8.42 Å². The number of nitrogens with zero attached hydrogens (tertiary/aromatic N) is 2. The van der Waals surface area contributed by atoms with E-state index in [2.05, 4.69) is 5.32 Å². The summed E-state index contributed by atoms with van der Waals surface area (Å²) >= 11 is 12.4. The molecule has 3 aromatic carbocycles. The van der Waals surface area contributed by atoms with Crippen LogP contribution in [0.2, 0.25) is 10.0 Å². The van der Waals surface area contributed by atoms with Crippen LogP contribution in [0.25, 0.3) is 0 Å². The zero-order chi connectivity index (χ0) is 27.9. The van der Waals surface area contributed by atoms with E-state index in [4.69, 9.17) is 23.2 Å². The molecule has 202 valence electrons. The predicted molar refractivity (Wildman–Crippen MR) is 152 cm³/mol. The van der Waals surface area contributed by atoms with Gasteiger partial charge in [-0.3, -0.25) is 13.9 Å². The van der Waals surface area contributed by atoms with Crippen LogP contribution in [0, 0.1) is 0 Å². The van der Waals surface area contributed by atoms with Crippen molar-refractivity contribution in [3.8, 4) is 0 Å². The molecule has 0 aliphatic rings. The Morgan fingerprint density at radius 2 is 1.50 bits per heavy atom. The molecule has 3 rings (SSSR count). The highest BCUT2D eigenvalue weighted by Crippen LogP contribution is 2.26. The third kappa shape index (κ3) is 7.28. The highest BCUT2D eigenvalue weighted by Gasteiger charge is 2.33. The first kappa shape index (κ1) is 29.5. The Labute approximate surface area is 234 Å². The number of anilines is 1. The minimum absolute atomic E-state index is 0.0213. The van der Waals surface area contributed by atoms with E-state index in [-0.39, 0.29) is 29.1 Å². The average molecular weight is 577 g/mol. The third-order valence-electron chi connectivity index (χ3n) is 6.19. The summed E-state index contributed by atoms with van der Waals surface area (Å²) in [4.78, 5) is 28.3. The Hall–Kier alpha value is -3.07. The molecule has 0 saturated carbocycles. The molecule has 2 unspecified atom stereocenters. The lowest BCUT2D eigenvalue weighted by atomic mass is 10.1. The van der Waals surface area contributed by atoms with Crippen molar-refractivity contribution in [2.75, 3.05) is 10.8 Å². The Morgan fingerprint density at radius 3 is 2.11 bits per heavy atom. The maximum atomic E-state index is 13.9. The smallest absolute Gasteiger partial charge is 0.264 e. The summed E-state index contributed by atoms with van der Waals surface area (Å²) in [6, 6.07) is 20.1. The fourth-order valence-electron chi connectivity index (χ4n) is 3.71. The van der Waals surface area contributed by atoms with Crippen LogP contribution in [0.4, 0.5) is 5.69 Å². The van der Waals surface area contributed by atoms with E-state index < -0.39 is 28.5 Å². The number of carbonyl (C=O) groups excluding carboxylic acids is 2. The predicted octanol–water partition coefficient (Wildman–Crippen LogP) is 5.52. The summed E-state index contributed by atoms with van der Waals surface area (Å²) in [6.07, 6.45) is 0.719. The molecule has 0 aliphatic heterocycles. The lowest BCUT2D eigenvalue weighted by molar-refractivity contribution is -0.139. The third-order valence-corrected chi connectivity index (χ3v) is 8.60. The van der Waals surface area contributed by atoms with Gasteiger partial charge >= 0.3 is 0 Å². The van der Waals surface area contributed by atoms with Gasteiger partial charge in [0.05, 0.1) is 10.6 Å². The quantitative estimate of drug-likeness (QED) is 0.326. The number of sulfonamides is 1. The van der Waals surface area contributed by atoms with Gasteiger partial charge in [0, 0.05) is 22.6 Å². The lowest BCUT2D eigenvalue weighted by Crippen LogP contribution is -2.52. The molecule has 0 heterocycles. The minimum Gasteiger partial charge on any atom is -0.352 e. The number of hydrogen-bond donors (Lipinski definition) is 1. The molecule has 3 aromatic rings. The van der Waals surface area contributed by atoms with Gasteiger partial charge in [-0.15, -0.1) is 0 Å². The van der Waals surface area contributed by atoms with Gasteiger partial charge in [-0.2, -0.15) is 0 Å². The number of benzene rings is 3. The normalized spacial score (nSPS) is 12.9. The van der Waals surface area contributed by atoms with Crippen LogP contribution in [0.15, 0.2) is 83.8 Å². The van der Waals surface area contributed by atoms with Gasteiger partial charge in [0.1, 0.15) is 12.6 Å². The van der Waals surface area contributed by atoms with Crippen LogP contribution in [-0.4, -0.2) is 43.8 Å². The summed E-state index contributed by atoms with van der Waals surface area (Å²) in [5, 5.41) is 3.76. The summed E-state index contributed by atoms with van der Waals surface area (Å²) in [5.41, 5.74) is 0.899. The van der Waals surface area contributed by atoms with Gasteiger partial charge < -0.3 is 10.2 Å². The Bertz CT molecular complexity index is 1350. The molecule has 2 atom stereocenters. The van der Waals surface area contributed by atoms with Crippen LogP contribution >= 0.6 is 23.2 Å². The van der Waals surface area contributed by atoms with Crippen molar-refractivity contribution in [1.29, 1.82) is 0 Å². The fraction of sp³-hybridized carbons (Fsp3) is 0.286. The fourth-order valence-corrected chi connectivity index (χ4v) is 5.47. The number of nitrogens with one attached hydrogen (secondary N) is 1. The van der Waals surface area contributed by atoms with Crippen LogP contribution in [0.1, 0.15) is 32.8 Å². The van der Waals surface area contributed by atoms with Crippen LogP contribution in [0.3, 0.4) is 0 Å². The molecule has 38 heavy (non-hydrogen) atoms. The standard InChI is InChI=1S/C28H31Cl2N3O4S/c1-4-20(2)31-28(35)21(3)32(18-22-10-8-9-13-26(22)30)27(34)19-33(24-16-14-23(29)15-17-24)38(36,37)25-11-6-5-7-12-25/h5-17,20-21H,4,18-19H2,1-3H3,(H,31,35). The average Bonchev–Trinajstić information content (AvgIpc) is 2.91. The number of amides is 2. The van der Waals surface area contributed by atoms with E-state index >= 15 is 0 Å². The Balaban J connectivity index is 2.02. The first-order valence-electron chi connectivity index (χ1n) is 12.2. The molecule has 7 nitrogen and oxygen atoms in total. The first-order chi connectivity index (χ1) is 18.0.